The molecule has 0 spiro atoms. The first-order valence-corrected chi connectivity index (χ1v) is 8.99. The third kappa shape index (κ3) is 2.91. The number of urea groups is 1. The van der Waals surface area contributed by atoms with Gasteiger partial charge in [0.05, 0.1) is 11.2 Å². The average molecular weight is 341 g/mol. The van der Waals surface area contributed by atoms with Gasteiger partial charge in [0.2, 0.25) is 5.91 Å². The summed E-state index contributed by atoms with van der Waals surface area (Å²) in [5, 5.41) is 12.8. The van der Waals surface area contributed by atoms with Crippen LogP contribution in [0.3, 0.4) is 0 Å². The van der Waals surface area contributed by atoms with Crippen molar-refractivity contribution in [2.24, 2.45) is 5.92 Å². The van der Waals surface area contributed by atoms with Crippen LogP contribution in [0.25, 0.3) is 10.9 Å². The van der Waals surface area contributed by atoms with Crippen molar-refractivity contribution in [1.29, 1.82) is 0 Å². The summed E-state index contributed by atoms with van der Waals surface area (Å²) < 4.78 is 2.30. The molecule has 6 heteroatoms. The zero-order chi connectivity index (χ0) is 17.4. The van der Waals surface area contributed by atoms with Crippen molar-refractivity contribution in [2.75, 3.05) is 18.1 Å². The molecule has 132 valence electrons. The molecule has 4 rings (SSSR count). The standard InChI is InChI=1S/C19H23N3O3/c23-12-13-4-6-14(7-5-13)21-10-8-15-16(21)2-1-3-17(15)22-11-9-18(24)20-19(22)25/h1-3,8,10,13-14,23H,4-7,9,11-12H2,(H,20,24,25). The molecule has 1 saturated heterocycles. The molecule has 25 heavy (non-hydrogen) atoms. The van der Waals surface area contributed by atoms with Gasteiger partial charge in [0.15, 0.2) is 0 Å². The van der Waals surface area contributed by atoms with Gasteiger partial charge in [0, 0.05) is 37.2 Å². The summed E-state index contributed by atoms with van der Waals surface area (Å²) in [6.07, 6.45) is 6.67. The van der Waals surface area contributed by atoms with Gasteiger partial charge in [-0.25, -0.2) is 4.79 Å². The Morgan fingerprint density at radius 1 is 1.12 bits per heavy atom. The largest absolute Gasteiger partial charge is 0.396 e. The van der Waals surface area contributed by atoms with Crippen LogP contribution in [0.1, 0.15) is 38.1 Å². The van der Waals surface area contributed by atoms with Crippen LogP contribution in [0.4, 0.5) is 10.5 Å². The highest BCUT2D eigenvalue weighted by Crippen LogP contribution is 2.36. The molecule has 1 saturated carbocycles. The number of amides is 3. The summed E-state index contributed by atoms with van der Waals surface area (Å²) in [6, 6.07) is 8.14. The van der Waals surface area contributed by atoms with Gasteiger partial charge in [-0.3, -0.25) is 15.0 Å². The van der Waals surface area contributed by atoms with E-state index in [2.05, 4.69) is 28.2 Å². The lowest BCUT2D eigenvalue weighted by molar-refractivity contribution is -0.120. The second kappa shape index (κ2) is 6.52. The molecule has 0 bridgehead atoms. The summed E-state index contributed by atoms with van der Waals surface area (Å²) in [5.41, 5.74) is 1.97. The number of hydrogen-bond acceptors (Lipinski definition) is 3. The van der Waals surface area contributed by atoms with Gasteiger partial charge >= 0.3 is 6.03 Å². The Labute approximate surface area is 146 Å². The third-order valence-corrected chi connectivity index (χ3v) is 5.55. The van der Waals surface area contributed by atoms with Crippen LogP contribution in [0.15, 0.2) is 30.5 Å². The van der Waals surface area contributed by atoms with E-state index in [9.17, 15) is 14.7 Å². The summed E-state index contributed by atoms with van der Waals surface area (Å²) in [4.78, 5) is 25.2. The van der Waals surface area contributed by atoms with Crippen molar-refractivity contribution < 1.29 is 14.7 Å². The molecule has 3 amide bonds. The van der Waals surface area contributed by atoms with Crippen molar-refractivity contribution in [3.05, 3.63) is 30.5 Å². The Bertz CT molecular complexity index is 805. The van der Waals surface area contributed by atoms with Crippen LogP contribution in [0.5, 0.6) is 0 Å². The highest BCUT2D eigenvalue weighted by molar-refractivity contribution is 6.09. The minimum Gasteiger partial charge on any atom is -0.396 e. The molecule has 2 heterocycles. The number of anilines is 1. The number of aliphatic hydroxyl groups is 1. The first kappa shape index (κ1) is 16.1. The predicted octanol–water partition coefficient (Wildman–Crippen LogP) is 2.81. The SMILES string of the molecule is O=C1CCN(c2cccc3c2ccn3C2CCC(CO)CC2)C(=O)N1. The molecule has 2 fully saturated rings. The summed E-state index contributed by atoms with van der Waals surface area (Å²) in [7, 11) is 0. The predicted molar refractivity (Wildman–Crippen MR) is 95.5 cm³/mol. The van der Waals surface area contributed by atoms with Crippen molar-refractivity contribution in [1.82, 2.24) is 9.88 Å². The number of rotatable bonds is 3. The number of nitrogens with one attached hydrogen (secondary N) is 1. The molecular weight excluding hydrogens is 318 g/mol. The first-order chi connectivity index (χ1) is 12.2. The molecule has 2 aliphatic rings. The van der Waals surface area contributed by atoms with E-state index in [0.29, 0.717) is 24.9 Å². The lowest BCUT2D eigenvalue weighted by atomic mass is 9.86. The maximum atomic E-state index is 12.2. The van der Waals surface area contributed by atoms with E-state index in [1.165, 1.54) is 0 Å². The quantitative estimate of drug-likeness (QED) is 0.901. The number of aliphatic hydroxyl groups excluding tert-OH is 1. The van der Waals surface area contributed by atoms with E-state index in [1.54, 1.807) is 4.90 Å². The van der Waals surface area contributed by atoms with Crippen LogP contribution in [-0.2, 0) is 4.79 Å². The molecule has 2 aromatic rings. The van der Waals surface area contributed by atoms with Crippen LogP contribution in [-0.4, -0.2) is 34.8 Å². The van der Waals surface area contributed by atoms with Crippen molar-refractivity contribution in [3.8, 4) is 0 Å². The number of nitrogens with zero attached hydrogens (tertiary/aromatic N) is 2. The minimum absolute atomic E-state index is 0.216. The van der Waals surface area contributed by atoms with E-state index in [1.807, 2.05) is 12.1 Å². The Morgan fingerprint density at radius 3 is 2.64 bits per heavy atom. The smallest absolute Gasteiger partial charge is 0.328 e. The zero-order valence-corrected chi connectivity index (χ0v) is 14.1. The fourth-order valence-electron chi connectivity index (χ4n) is 4.13. The Hall–Kier alpha value is -2.34. The summed E-state index contributed by atoms with van der Waals surface area (Å²) in [6.45, 7) is 0.697. The van der Waals surface area contributed by atoms with Gasteiger partial charge in [0.25, 0.3) is 0 Å². The van der Waals surface area contributed by atoms with E-state index >= 15 is 0 Å². The van der Waals surface area contributed by atoms with E-state index in [4.69, 9.17) is 0 Å². The van der Waals surface area contributed by atoms with Gasteiger partial charge in [-0.2, -0.15) is 0 Å². The molecule has 1 aliphatic carbocycles. The van der Waals surface area contributed by atoms with E-state index < -0.39 is 0 Å². The van der Waals surface area contributed by atoms with Crippen LogP contribution >= 0.6 is 0 Å². The van der Waals surface area contributed by atoms with Crippen LogP contribution in [0.2, 0.25) is 0 Å². The number of hydrogen-bond donors (Lipinski definition) is 2. The topological polar surface area (TPSA) is 74.6 Å². The molecular formula is C19H23N3O3. The number of imide groups is 1. The number of carbonyl (C=O) groups is 2. The lowest BCUT2D eigenvalue weighted by Gasteiger charge is -2.29. The normalized spacial score (nSPS) is 24.6. The first-order valence-electron chi connectivity index (χ1n) is 8.99. The van der Waals surface area contributed by atoms with Gasteiger partial charge in [-0.05, 0) is 49.8 Å². The summed E-state index contributed by atoms with van der Waals surface area (Å²) >= 11 is 0. The molecule has 6 nitrogen and oxygen atoms in total. The zero-order valence-electron chi connectivity index (χ0n) is 14.1. The molecule has 0 radical (unpaired) electrons. The van der Waals surface area contributed by atoms with Crippen molar-refractivity contribution in [3.63, 3.8) is 0 Å². The average Bonchev–Trinajstić information content (AvgIpc) is 3.06. The van der Waals surface area contributed by atoms with Gasteiger partial charge in [0.1, 0.15) is 0 Å². The van der Waals surface area contributed by atoms with Crippen LogP contribution < -0.4 is 10.2 Å². The molecule has 2 N–H and O–H groups in total. The van der Waals surface area contributed by atoms with Crippen LogP contribution in [0, 0.1) is 5.92 Å². The highest BCUT2D eigenvalue weighted by atomic mass is 16.3. The lowest BCUT2D eigenvalue weighted by Crippen LogP contribution is -2.49. The van der Waals surface area contributed by atoms with E-state index in [0.717, 1.165) is 42.3 Å². The minimum atomic E-state index is -0.347. The van der Waals surface area contributed by atoms with Gasteiger partial charge in [-0.1, -0.05) is 6.07 Å². The number of carbonyl (C=O) groups excluding carboxylic acids is 2. The fourth-order valence-corrected chi connectivity index (χ4v) is 4.13. The highest BCUT2D eigenvalue weighted by Gasteiger charge is 2.27. The van der Waals surface area contributed by atoms with Crippen molar-refractivity contribution in [2.45, 2.75) is 38.1 Å². The van der Waals surface area contributed by atoms with Crippen molar-refractivity contribution >= 4 is 28.5 Å². The maximum Gasteiger partial charge on any atom is 0.328 e. The second-order valence-corrected chi connectivity index (χ2v) is 7.05. The Morgan fingerprint density at radius 2 is 1.92 bits per heavy atom. The molecule has 1 aromatic carbocycles. The molecule has 1 aliphatic heterocycles. The summed E-state index contributed by atoms with van der Waals surface area (Å²) in [5.74, 6) is 0.217. The number of benzene rings is 1. The Balaban J connectivity index is 1.65. The van der Waals surface area contributed by atoms with Gasteiger partial charge < -0.3 is 9.67 Å². The monoisotopic (exact) mass is 341 g/mol. The maximum absolute atomic E-state index is 12.2. The number of fused-ring (bicyclic) bond motifs is 1. The number of aromatic nitrogens is 1. The molecule has 1 aromatic heterocycles. The molecule has 0 atom stereocenters. The fraction of sp³-hybridized carbons (Fsp3) is 0.474. The third-order valence-electron chi connectivity index (χ3n) is 5.55. The molecule has 0 unspecified atom stereocenters. The van der Waals surface area contributed by atoms with Gasteiger partial charge in [-0.15, -0.1) is 0 Å². The second-order valence-electron chi connectivity index (χ2n) is 7.05. The Kier molecular flexibility index (Phi) is 4.21. The van der Waals surface area contributed by atoms with E-state index in [-0.39, 0.29) is 18.5 Å².